The second kappa shape index (κ2) is 11.2. The highest BCUT2D eigenvalue weighted by molar-refractivity contribution is 5.79. The molecule has 2 aromatic rings. The average molecular weight is 374 g/mol. The first kappa shape index (κ1) is 20.7. The van der Waals surface area contributed by atoms with E-state index in [2.05, 4.69) is 46.5 Å². The van der Waals surface area contributed by atoms with Crippen LogP contribution in [0.4, 0.5) is 0 Å². The van der Waals surface area contributed by atoms with Crippen LogP contribution in [0, 0.1) is 0 Å². The zero-order chi connectivity index (χ0) is 19.5. The summed E-state index contributed by atoms with van der Waals surface area (Å²) in [4.78, 5) is 8.54. The van der Waals surface area contributed by atoms with Crippen molar-refractivity contribution in [2.75, 3.05) is 13.7 Å². The summed E-state index contributed by atoms with van der Waals surface area (Å²) in [7, 11) is 1.74. The number of pyridine rings is 1. The zero-order valence-corrected chi connectivity index (χ0v) is 16.8. The minimum atomic E-state index is 0.455. The highest BCUT2D eigenvalue weighted by atomic mass is 16.5. The molecule has 2 rings (SSSR count). The number of hydrogen-bond acceptors (Lipinski definition) is 5. The molecule has 0 radical (unpaired) electrons. The number of ether oxygens (including phenoxy) is 1. The van der Waals surface area contributed by atoms with Gasteiger partial charge in [0.2, 0.25) is 5.88 Å². The van der Waals surface area contributed by atoms with Crippen LogP contribution in [0.25, 0.3) is 0 Å². The fraction of sp³-hybridized carbons (Fsp3) is 0.550. The number of guanidine groups is 1. The van der Waals surface area contributed by atoms with Crippen LogP contribution in [-0.4, -0.2) is 29.8 Å². The van der Waals surface area contributed by atoms with Crippen molar-refractivity contribution in [3.63, 3.8) is 0 Å². The molecule has 7 heteroatoms. The smallest absolute Gasteiger partial charge is 0.213 e. The second-order valence-electron chi connectivity index (χ2n) is 6.36. The lowest BCUT2D eigenvalue weighted by molar-refractivity contribution is 0.305. The van der Waals surface area contributed by atoms with E-state index >= 15 is 0 Å². The lowest BCUT2D eigenvalue weighted by Crippen LogP contribution is -2.36. The predicted molar refractivity (Wildman–Crippen MR) is 107 cm³/mol. The number of rotatable bonds is 10. The molecule has 27 heavy (non-hydrogen) atoms. The molecule has 0 aliphatic rings. The first-order chi connectivity index (χ1) is 13.2. The summed E-state index contributed by atoms with van der Waals surface area (Å²) in [6, 6.07) is 5.91. The van der Waals surface area contributed by atoms with E-state index < -0.39 is 0 Å². The van der Waals surface area contributed by atoms with Crippen molar-refractivity contribution in [3.8, 4) is 5.88 Å². The molecule has 2 N–H and O–H groups in total. The predicted octanol–water partition coefficient (Wildman–Crippen LogP) is 3.63. The molecule has 2 heterocycles. The van der Waals surface area contributed by atoms with Gasteiger partial charge in [0.1, 0.15) is 0 Å². The van der Waals surface area contributed by atoms with Gasteiger partial charge < -0.3 is 19.9 Å². The molecule has 148 valence electrons. The lowest BCUT2D eigenvalue weighted by atomic mass is 9.99. The van der Waals surface area contributed by atoms with Crippen LogP contribution in [0.3, 0.4) is 0 Å². The summed E-state index contributed by atoms with van der Waals surface area (Å²) in [5, 5.41) is 10.7. The van der Waals surface area contributed by atoms with Crippen molar-refractivity contribution >= 4 is 5.96 Å². The van der Waals surface area contributed by atoms with E-state index in [4.69, 9.17) is 9.26 Å². The van der Waals surface area contributed by atoms with Gasteiger partial charge in [0.05, 0.1) is 18.8 Å². The van der Waals surface area contributed by atoms with Gasteiger partial charge in [0.25, 0.3) is 0 Å². The topological polar surface area (TPSA) is 84.6 Å². The number of aromatic nitrogens is 2. The minimum absolute atomic E-state index is 0.455. The summed E-state index contributed by atoms with van der Waals surface area (Å²) in [6.07, 6.45) is 4.91. The van der Waals surface area contributed by atoms with Gasteiger partial charge in [0, 0.05) is 37.8 Å². The van der Waals surface area contributed by atoms with Gasteiger partial charge in [-0.15, -0.1) is 0 Å². The summed E-state index contributed by atoms with van der Waals surface area (Å²) < 4.78 is 10.9. The maximum atomic E-state index is 5.50. The van der Waals surface area contributed by atoms with Crippen molar-refractivity contribution in [3.05, 3.63) is 41.4 Å². The SMILES string of the molecule is CCCOc1ccc(CNC(=NC)NCc2cc(C(CC)CC)no2)cn1. The summed E-state index contributed by atoms with van der Waals surface area (Å²) in [6.45, 7) is 8.25. The Balaban J connectivity index is 1.80. The number of nitrogens with one attached hydrogen (secondary N) is 2. The van der Waals surface area contributed by atoms with Crippen LogP contribution in [0.5, 0.6) is 5.88 Å². The molecule has 0 fully saturated rings. The zero-order valence-electron chi connectivity index (χ0n) is 16.8. The van der Waals surface area contributed by atoms with E-state index in [1.54, 1.807) is 7.05 Å². The fourth-order valence-electron chi connectivity index (χ4n) is 2.70. The summed E-state index contributed by atoms with van der Waals surface area (Å²) in [5.41, 5.74) is 2.08. The molecular weight excluding hydrogens is 342 g/mol. The van der Waals surface area contributed by atoms with Gasteiger partial charge in [0.15, 0.2) is 11.7 Å². The Hall–Kier alpha value is -2.57. The van der Waals surface area contributed by atoms with Gasteiger partial charge in [-0.1, -0.05) is 32.0 Å². The third-order valence-electron chi connectivity index (χ3n) is 4.35. The molecule has 7 nitrogen and oxygen atoms in total. The summed E-state index contributed by atoms with van der Waals surface area (Å²) in [5.74, 6) is 2.61. The molecule has 2 aromatic heterocycles. The van der Waals surface area contributed by atoms with E-state index in [1.807, 2.05) is 24.4 Å². The molecule has 0 aliphatic heterocycles. The van der Waals surface area contributed by atoms with E-state index in [0.717, 1.165) is 36.3 Å². The Bertz CT molecular complexity index is 693. The lowest BCUT2D eigenvalue weighted by Gasteiger charge is -2.11. The Morgan fingerprint density at radius 3 is 2.59 bits per heavy atom. The quantitative estimate of drug-likeness (QED) is 0.489. The molecule has 0 saturated carbocycles. The highest BCUT2D eigenvalue weighted by Crippen LogP contribution is 2.22. The van der Waals surface area contributed by atoms with Crippen LogP contribution in [0.1, 0.15) is 63.0 Å². The number of aliphatic imine (C=N–C) groups is 1. The standard InChI is InChI=1S/C20H31N5O2/c1-5-10-26-19-9-8-15(12-22-19)13-23-20(21-4)24-14-17-11-18(25-27-17)16(6-2)7-3/h8-9,11-12,16H,5-7,10,13-14H2,1-4H3,(H2,21,23,24). The Kier molecular flexibility index (Phi) is 8.61. The largest absolute Gasteiger partial charge is 0.478 e. The molecular formula is C20H31N5O2. The first-order valence-electron chi connectivity index (χ1n) is 9.67. The molecule has 0 spiro atoms. The second-order valence-corrected chi connectivity index (χ2v) is 6.36. The Morgan fingerprint density at radius 2 is 1.96 bits per heavy atom. The van der Waals surface area contributed by atoms with E-state index in [0.29, 0.717) is 37.5 Å². The van der Waals surface area contributed by atoms with Crippen molar-refractivity contribution in [1.82, 2.24) is 20.8 Å². The van der Waals surface area contributed by atoms with Crippen molar-refractivity contribution in [2.45, 2.75) is 59.0 Å². The molecule has 0 aliphatic carbocycles. The van der Waals surface area contributed by atoms with Gasteiger partial charge in [-0.25, -0.2) is 4.98 Å². The Labute approximate surface area is 161 Å². The normalized spacial score (nSPS) is 11.7. The van der Waals surface area contributed by atoms with Crippen LogP contribution in [0.15, 0.2) is 33.9 Å². The van der Waals surface area contributed by atoms with Gasteiger partial charge in [-0.3, -0.25) is 4.99 Å². The van der Waals surface area contributed by atoms with E-state index in [1.165, 1.54) is 0 Å². The van der Waals surface area contributed by atoms with Crippen LogP contribution in [0.2, 0.25) is 0 Å². The monoisotopic (exact) mass is 373 g/mol. The summed E-state index contributed by atoms with van der Waals surface area (Å²) >= 11 is 0. The minimum Gasteiger partial charge on any atom is -0.478 e. The maximum Gasteiger partial charge on any atom is 0.213 e. The van der Waals surface area contributed by atoms with Crippen LogP contribution in [-0.2, 0) is 13.1 Å². The first-order valence-corrected chi connectivity index (χ1v) is 9.67. The molecule has 0 aromatic carbocycles. The molecule has 0 amide bonds. The third kappa shape index (κ3) is 6.58. The van der Waals surface area contributed by atoms with Crippen molar-refractivity contribution in [1.29, 1.82) is 0 Å². The fourth-order valence-corrected chi connectivity index (χ4v) is 2.70. The van der Waals surface area contributed by atoms with Gasteiger partial charge in [-0.2, -0.15) is 0 Å². The number of hydrogen-bond donors (Lipinski definition) is 2. The Morgan fingerprint density at radius 1 is 1.19 bits per heavy atom. The highest BCUT2D eigenvalue weighted by Gasteiger charge is 2.13. The van der Waals surface area contributed by atoms with E-state index in [-0.39, 0.29) is 0 Å². The number of nitrogens with zero attached hydrogens (tertiary/aromatic N) is 3. The molecule has 0 unspecified atom stereocenters. The van der Waals surface area contributed by atoms with Crippen molar-refractivity contribution < 1.29 is 9.26 Å². The van der Waals surface area contributed by atoms with Gasteiger partial charge >= 0.3 is 0 Å². The van der Waals surface area contributed by atoms with Crippen LogP contribution >= 0.6 is 0 Å². The molecule has 0 atom stereocenters. The maximum absolute atomic E-state index is 5.50. The van der Waals surface area contributed by atoms with E-state index in [9.17, 15) is 0 Å². The van der Waals surface area contributed by atoms with Crippen LogP contribution < -0.4 is 15.4 Å². The average Bonchev–Trinajstić information content (AvgIpc) is 3.17. The van der Waals surface area contributed by atoms with Crippen molar-refractivity contribution in [2.24, 2.45) is 4.99 Å². The molecule has 0 bridgehead atoms. The third-order valence-corrected chi connectivity index (χ3v) is 4.35. The molecule has 0 saturated heterocycles. The van der Waals surface area contributed by atoms with Gasteiger partial charge in [-0.05, 0) is 24.8 Å².